The predicted octanol–water partition coefficient (Wildman–Crippen LogP) is 3.93. The van der Waals surface area contributed by atoms with Crippen LogP contribution in [0.3, 0.4) is 0 Å². The van der Waals surface area contributed by atoms with Crippen molar-refractivity contribution in [2.24, 2.45) is 0 Å². The third-order valence-corrected chi connectivity index (χ3v) is 5.57. The molecular weight excluding hydrogens is 406 g/mol. The van der Waals surface area contributed by atoms with Crippen LogP contribution in [0.1, 0.15) is 104 Å². The minimum atomic E-state index is 0. The van der Waals surface area contributed by atoms with Crippen molar-refractivity contribution in [2.45, 2.75) is 116 Å². The number of halogens is 1. The molecule has 0 radical (unpaired) electrons. The van der Waals surface area contributed by atoms with Gasteiger partial charge in [-0.25, -0.2) is 0 Å². The first kappa shape index (κ1) is 26.1. The Bertz CT molecular complexity index is 372. The molecule has 0 saturated carbocycles. The van der Waals surface area contributed by atoms with Gasteiger partial charge in [0.05, 0.1) is 5.38 Å². The molecule has 0 amide bonds. The average Bonchev–Trinajstić information content (AvgIpc) is 3.11. The lowest BCUT2D eigenvalue weighted by Gasteiger charge is -2.09. The van der Waals surface area contributed by atoms with Crippen molar-refractivity contribution in [3.8, 4) is 0 Å². The van der Waals surface area contributed by atoms with Crippen molar-refractivity contribution >= 4 is 11.3 Å². The van der Waals surface area contributed by atoms with E-state index in [-0.39, 0.29) is 17.0 Å². The number of rotatable bonds is 18. The summed E-state index contributed by atoms with van der Waals surface area (Å²) in [6, 6.07) is 0. The number of ether oxygens (including phenoxy) is 1. The molecule has 26 heavy (non-hydrogen) atoms. The fraction of sp³-hybridized carbons (Fsp3) is 0.864. The van der Waals surface area contributed by atoms with Gasteiger partial charge in [-0.2, -0.15) is 4.57 Å². The maximum Gasteiger partial charge on any atom is 0.224 e. The quantitative estimate of drug-likeness (QED) is 0.245. The zero-order valence-corrected chi connectivity index (χ0v) is 19.7. The number of hydrogen-bond acceptors (Lipinski definition) is 2. The Morgan fingerprint density at radius 3 is 1.77 bits per heavy atom. The molecule has 1 unspecified atom stereocenters. The Morgan fingerprint density at radius 1 is 0.808 bits per heavy atom. The largest absolute Gasteiger partial charge is 1.00 e. The first-order valence-electron chi connectivity index (χ1n) is 10.9. The van der Waals surface area contributed by atoms with Crippen molar-refractivity contribution in [2.75, 3.05) is 6.61 Å². The smallest absolute Gasteiger partial charge is 0.224 e. The van der Waals surface area contributed by atoms with Crippen LogP contribution < -0.4 is 21.5 Å². The lowest BCUT2D eigenvalue weighted by atomic mass is 10.0. The van der Waals surface area contributed by atoms with E-state index in [9.17, 15) is 0 Å². The minimum absolute atomic E-state index is 0. The van der Waals surface area contributed by atoms with Crippen molar-refractivity contribution in [1.82, 2.24) is 0 Å². The van der Waals surface area contributed by atoms with E-state index in [4.69, 9.17) is 4.74 Å². The monoisotopic (exact) mass is 447 g/mol. The zero-order valence-electron chi connectivity index (χ0n) is 17.3. The first-order valence-corrected chi connectivity index (χ1v) is 11.8. The van der Waals surface area contributed by atoms with Gasteiger partial charge in [-0.15, -0.1) is 0 Å². The number of aromatic nitrogens is 1. The van der Waals surface area contributed by atoms with Crippen LogP contribution in [0.15, 0.2) is 17.1 Å². The number of thiazole rings is 1. The molecule has 0 N–H and O–H groups in total. The summed E-state index contributed by atoms with van der Waals surface area (Å²) in [5, 5.41) is 2.11. The maximum absolute atomic E-state index is 5.91. The summed E-state index contributed by atoms with van der Waals surface area (Å²) in [4.78, 5) is 0. The lowest BCUT2D eigenvalue weighted by Crippen LogP contribution is -3.00. The van der Waals surface area contributed by atoms with E-state index < -0.39 is 0 Å². The molecule has 2 nitrogen and oxygen atoms in total. The van der Waals surface area contributed by atoms with Crippen LogP contribution in [0.4, 0.5) is 0 Å². The van der Waals surface area contributed by atoms with Crippen LogP contribution in [0.5, 0.6) is 0 Å². The Morgan fingerprint density at radius 2 is 1.31 bits per heavy atom. The summed E-state index contributed by atoms with van der Waals surface area (Å²) in [5.41, 5.74) is 2.15. The zero-order chi connectivity index (χ0) is 18.0. The van der Waals surface area contributed by atoms with E-state index in [0.717, 1.165) is 13.2 Å². The highest BCUT2D eigenvalue weighted by atomic mass is 79.9. The summed E-state index contributed by atoms with van der Waals surface area (Å²) in [5.74, 6) is 0. The number of unbranched alkanes of at least 4 members (excludes halogenated alkanes) is 13. The van der Waals surface area contributed by atoms with Crippen molar-refractivity contribution < 1.29 is 26.3 Å². The standard InChI is InChI=1S/C22H42NOS.BrH/c1-3-4-5-6-7-8-9-10-11-12-13-14-15-16-18-24-22(2)20-23-17-19-25-21-23;/h17,19,21-22H,3-16,18,20H2,1-2H3;1H/q+1;/p-1. The second kappa shape index (κ2) is 19.8. The molecule has 0 aromatic carbocycles. The number of hydrogen-bond donors (Lipinski definition) is 0. The van der Waals surface area contributed by atoms with Crippen molar-refractivity contribution in [3.05, 3.63) is 17.1 Å². The molecule has 1 heterocycles. The third-order valence-electron chi connectivity index (χ3n) is 4.90. The lowest BCUT2D eigenvalue weighted by molar-refractivity contribution is -0.698. The fourth-order valence-corrected chi connectivity index (χ4v) is 3.91. The fourth-order valence-electron chi connectivity index (χ4n) is 3.30. The van der Waals surface area contributed by atoms with Gasteiger partial charge in [0, 0.05) is 6.61 Å². The second-order valence-corrected chi connectivity index (χ2v) is 8.26. The molecule has 0 spiro atoms. The van der Waals surface area contributed by atoms with Crippen LogP contribution in [-0.2, 0) is 11.3 Å². The molecule has 1 rings (SSSR count). The predicted molar refractivity (Wildman–Crippen MR) is 110 cm³/mol. The van der Waals surface area contributed by atoms with Gasteiger partial charge in [-0.05, 0) is 13.3 Å². The van der Waals surface area contributed by atoms with Gasteiger partial charge < -0.3 is 21.7 Å². The highest BCUT2D eigenvalue weighted by Crippen LogP contribution is 2.13. The molecule has 1 aromatic rings. The Kier molecular flexibility index (Phi) is 19.9. The van der Waals surface area contributed by atoms with E-state index in [2.05, 4.69) is 35.5 Å². The van der Waals surface area contributed by atoms with Gasteiger partial charge in [0.15, 0.2) is 12.7 Å². The summed E-state index contributed by atoms with van der Waals surface area (Å²) in [6.45, 7) is 6.36. The van der Waals surface area contributed by atoms with Crippen LogP contribution in [0, 0.1) is 0 Å². The number of nitrogens with zero attached hydrogens (tertiary/aromatic N) is 1. The minimum Gasteiger partial charge on any atom is -1.00 e. The summed E-state index contributed by atoms with van der Waals surface area (Å²) in [6.07, 6.45) is 22.2. The van der Waals surface area contributed by atoms with Gasteiger partial charge in [-0.1, -0.05) is 102 Å². The normalized spacial score (nSPS) is 12.1. The van der Waals surface area contributed by atoms with Gasteiger partial charge in [0.1, 0.15) is 6.10 Å². The van der Waals surface area contributed by atoms with Crippen LogP contribution in [0.2, 0.25) is 0 Å². The highest BCUT2D eigenvalue weighted by molar-refractivity contribution is 7.07. The summed E-state index contributed by atoms with van der Waals surface area (Å²) in [7, 11) is 0. The SMILES string of the molecule is CCCCCCCCCCCCCCCCOC(C)C[n+]1ccsc1.[Br-]. The van der Waals surface area contributed by atoms with Crippen LogP contribution >= 0.6 is 11.3 Å². The molecule has 0 saturated heterocycles. The second-order valence-electron chi connectivity index (χ2n) is 7.50. The van der Waals surface area contributed by atoms with Gasteiger partial charge in [-0.3, -0.25) is 0 Å². The van der Waals surface area contributed by atoms with Crippen LogP contribution in [-0.4, -0.2) is 12.7 Å². The Labute approximate surface area is 177 Å². The Hall–Kier alpha value is 0.0700. The molecule has 0 aliphatic carbocycles. The molecular formula is C22H42BrNOS. The molecule has 0 bridgehead atoms. The van der Waals surface area contributed by atoms with Gasteiger partial charge in [0.25, 0.3) is 0 Å². The molecule has 0 aliphatic rings. The van der Waals surface area contributed by atoms with Crippen LogP contribution in [0.25, 0.3) is 0 Å². The molecule has 1 aromatic heterocycles. The topological polar surface area (TPSA) is 13.1 Å². The van der Waals surface area contributed by atoms with Gasteiger partial charge >= 0.3 is 0 Å². The summed E-state index contributed by atoms with van der Waals surface area (Å²) >= 11 is 1.74. The third kappa shape index (κ3) is 16.3. The molecule has 0 aliphatic heterocycles. The van der Waals surface area contributed by atoms with E-state index in [1.54, 1.807) is 11.3 Å². The molecule has 0 fully saturated rings. The maximum atomic E-state index is 5.91. The van der Waals surface area contributed by atoms with E-state index in [1.807, 2.05) is 0 Å². The molecule has 154 valence electrons. The van der Waals surface area contributed by atoms with E-state index in [1.165, 1.54) is 89.9 Å². The summed E-state index contributed by atoms with van der Waals surface area (Å²) < 4.78 is 8.12. The highest BCUT2D eigenvalue weighted by Gasteiger charge is 2.08. The van der Waals surface area contributed by atoms with E-state index in [0.29, 0.717) is 6.10 Å². The van der Waals surface area contributed by atoms with Crippen molar-refractivity contribution in [3.63, 3.8) is 0 Å². The van der Waals surface area contributed by atoms with Gasteiger partial charge in [0.2, 0.25) is 5.51 Å². The average molecular weight is 449 g/mol. The van der Waals surface area contributed by atoms with Crippen molar-refractivity contribution in [1.29, 1.82) is 0 Å². The first-order chi connectivity index (χ1) is 12.3. The molecule has 4 heteroatoms. The Balaban J connectivity index is 0.00000625. The van der Waals surface area contributed by atoms with E-state index >= 15 is 0 Å². The molecule has 1 atom stereocenters.